The molecule has 0 N–H and O–H groups in total. The van der Waals surface area contributed by atoms with Crippen LogP contribution < -0.4 is 0 Å². The Kier molecular flexibility index (Phi) is 64.8. The molecule has 462 valence electrons. The Bertz CT molecular complexity index is 1670. The van der Waals surface area contributed by atoms with Crippen LogP contribution in [0.3, 0.4) is 0 Å². The Labute approximate surface area is 501 Å². The second-order valence-electron chi connectivity index (χ2n) is 22.3. The number of ether oxygens (including phenoxy) is 3. The molecular formula is C75H126O6. The second kappa shape index (κ2) is 68.3. The Balaban J connectivity index is 4.11. The van der Waals surface area contributed by atoms with Crippen molar-refractivity contribution in [2.24, 2.45) is 0 Å². The van der Waals surface area contributed by atoms with Crippen LogP contribution in [0.2, 0.25) is 0 Å². The largest absolute Gasteiger partial charge is 0.462 e. The summed E-state index contributed by atoms with van der Waals surface area (Å²) in [5.74, 6) is -0.915. The van der Waals surface area contributed by atoms with Crippen molar-refractivity contribution in [3.05, 3.63) is 122 Å². The maximum Gasteiger partial charge on any atom is 0.306 e. The third kappa shape index (κ3) is 66.5. The molecule has 6 heteroatoms. The number of carbonyl (C=O) groups is 3. The van der Waals surface area contributed by atoms with Crippen molar-refractivity contribution in [2.45, 2.75) is 322 Å². The predicted octanol–water partition coefficient (Wildman–Crippen LogP) is 23.6. The molecule has 1 atom stereocenters. The summed E-state index contributed by atoms with van der Waals surface area (Å²) in [6, 6.07) is 0. The van der Waals surface area contributed by atoms with Crippen LogP contribution in [0.25, 0.3) is 0 Å². The fourth-order valence-corrected chi connectivity index (χ4v) is 9.44. The predicted molar refractivity (Wildman–Crippen MR) is 353 cm³/mol. The van der Waals surface area contributed by atoms with E-state index < -0.39 is 6.10 Å². The zero-order chi connectivity index (χ0) is 58.5. The highest BCUT2D eigenvalue weighted by Crippen LogP contribution is 2.17. The number of unbranched alkanes of at least 4 members (excludes halogenated alkanes) is 30. The van der Waals surface area contributed by atoms with Gasteiger partial charge in [0.05, 0.1) is 0 Å². The molecule has 0 bridgehead atoms. The molecule has 0 saturated carbocycles. The van der Waals surface area contributed by atoms with Crippen molar-refractivity contribution in [2.75, 3.05) is 13.2 Å². The maximum atomic E-state index is 12.9. The summed E-state index contributed by atoms with van der Waals surface area (Å²) < 4.78 is 16.9. The second-order valence-corrected chi connectivity index (χ2v) is 22.3. The van der Waals surface area contributed by atoms with Crippen LogP contribution in [0.15, 0.2) is 122 Å². The monoisotopic (exact) mass is 1120 g/mol. The molecular weight excluding hydrogens is 997 g/mol. The van der Waals surface area contributed by atoms with Crippen LogP contribution in [-0.4, -0.2) is 37.2 Å². The van der Waals surface area contributed by atoms with Crippen molar-refractivity contribution in [1.29, 1.82) is 0 Å². The molecule has 0 amide bonds. The number of carbonyl (C=O) groups excluding carboxylic acids is 3. The van der Waals surface area contributed by atoms with Crippen molar-refractivity contribution >= 4 is 17.9 Å². The Morgan fingerprint density at radius 1 is 0.259 bits per heavy atom. The van der Waals surface area contributed by atoms with Gasteiger partial charge in [0, 0.05) is 19.3 Å². The molecule has 0 aliphatic carbocycles. The van der Waals surface area contributed by atoms with Crippen molar-refractivity contribution < 1.29 is 28.6 Å². The van der Waals surface area contributed by atoms with Crippen LogP contribution in [-0.2, 0) is 28.6 Å². The summed E-state index contributed by atoms with van der Waals surface area (Å²) >= 11 is 0. The van der Waals surface area contributed by atoms with Gasteiger partial charge in [-0.2, -0.15) is 0 Å². The lowest BCUT2D eigenvalue weighted by atomic mass is 10.0. The number of allylic oxidation sites excluding steroid dienone is 20. The standard InChI is InChI=1S/C75H126O6/c1-4-7-10-13-16-19-21-23-25-27-29-30-31-32-33-34-35-36-37-38-39-40-41-42-43-44-46-47-49-51-53-56-59-62-65-68-74(77)80-71-72(70-79-73(76)67-64-61-58-55-18-15-12-9-6-3)81-75(78)69-66-63-60-57-54-52-50-48-45-28-26-24-22-20-17-14-11-8-5-2/h7-8,10-11,16-17,19-20,23-26,29-30,32-33,45,48,52,54,72H,4-6,9,12-15,18,21-22,27-28,31,34-44,46-47,49-51,53,55-71H2,1-3H3/b10-7-,11-8-,19-16-,20-17-,25-23-,26-24-,30-29-,33-32-,48-45-,54-52-. The zero-order valence-corrected chi connectivity index (χ0v) is 53.0. The molecule has 0 saturated heterocycles. The van der Waals surface area contributed by atoms with Crippen molar-refractivity contribution in [3.8, 4) is 0 Å². The van der Waals surface area contributed by atoms with Gasteiger partial charge in [0.25, 0.3) is 0 Å². The van der Waals surface area contributed by atoms with Gasteiger partial charge in [0.2, 0.25) is 0 Å². The van der Waals surface area contributed by atoms with Gasteiger partial charge in [0.1, 0.15) is 13.2 Å². The minimum Gasteiger partial charge on any atom is -0.462 e. The SMILES string of the molecule is CC/C=C\C/C=C\C/C=C\C/C=C\C/C=C\CCCCCCCCCCCCCCCCCCCCCC(=O)OCC(COC(=O)CCCCCCCCCCC)OC(=O)CCCCC/C=C\C/C=C\C/C=C\C/C=C\C/C=C\CC. The molecule has 0 rings (SSSR count). The Hall–Kier alpha value is -4.19. The molecule has 0 spiro atoms. The highest BCUT2D eigenvalue weighted by atomic mass is 16.6. The summed E-state index contributed by atoms with van der Waals surface area (Å²) in [6.07, 6.45) is 95.3. The minimum absolute atomic E-state index is 0.0889. The molecule has 0 aliphatic rings. The molecule has 0 fully saturated rings. The van der Waals surface area contributed by atoms with Gasteiger partial charge in [0.15, 0.2) is 6.10 Å². The quantitative estimate of drug-likeness (QED) is 0.0261. The fourth-order valence-electron chi connectivity index (χ4n) is 9.44. The first-order chi connectivity index (χ1) is 40.0. The molecule has 0 aromatic rings. The molecule has 1 unspecified atom stereocenters. The van der Waals surface area contributed by atoms with Gasteiger partial charge in [-0.3, -0.25) is 14.4 Å². The number of esters is 3. The molecule has 0 radical (unpaired) electrons. The first-order valence-corrected chi connectivity index (χ1v) is 34.0. The third-order valence-electron chi connectivity index (χ3n) is 14.5. The third-order valence-corrected chi connectivity index (χ3v) is 14.5. The summed E-state index contributed by atoms with van der Waals surface area (Å²) in [4.78, 5) is 38.2. The Morgan fingerprint density at radius 3 is 0.765 bits per heavy atom. The van der Waals surface area contributed by atoms with E-state index in [1.54, 1.807) is 0 Å². The lowest BCUT2D eigenvalue weighted by molar-refractivity contribution is -0.167. The van der Waals surface area contributed by atoms with Crippen LogP contribution in [0.4, 0.5) is 0 Å². The topological polar surface area (TPSA) is 78.9 Å². The van der Waals surface area contributed by atoms with Gasteiger partial charge in [-0.1, -0.05) is 309 Å². The van der Waals surface area contributed by atoms with Crippen LogP contribution in [0, 0.1) is 0 Å². The molecule has 0 aliphatic heterocycles. The molecule has 0 aromatic heterocycles. The van der Waals surface area contributed by atoms with E-state index in [0.717, 1.165) is 128 Å². The first-order valence-electron chi connectivity index (χ1n) is 34.0. The van der Waals surface area contributed by atoms with Crippen LogP contribution >= 0.6 is 0 Å². The van der Waals surface area contributed by atoms with Crippen LogP contribution in [0.1, 0.15) is 316 Å². The number of rotatable bonds is 61. The zero-order valence-electron chi connectivity index (χ0n) is 53.0. The number of hydrogen-bond donors (Lipinski definition) is 0. The molecule has 81 heavy (non-hydrogen) atoms. The average Bonchev–Trinajstić information content (AvgIpc) is 3.47. The van der Waals surface area contributed by atoms with E-state index in [1.807, 2.05) is 0 Å². The van der Waals surface area contributed by atoms with E-state index in [1.165, 1.54) is 148 Å². The lowest BCUT2D eigenvalue weighted by Gasteiger charge is -2.18. The molecule has 6 nitrogen and oxygen atoms in total. The summed E-state index contributed by atoms with van der Waals surface area (Å²) in [6.45, 7) is 6.38. The van der Waals surface area contributed by atoms with E-state index in [9.17, 15) is 14.4 Å². The van der Waals surface area contributed by atoms with Crippen LogP contribution in [0.5, 0.6) is 0 Å². The summed E-state index contributed by atoms with van der Waals surface area (Å²) in [7, 11) is 0. The number of hydrogen-bond acceptors (Lipinski definition) is 6. The Morgan fingerprint density at radius 2 is 0.481 bits per heavy atom. The smallest absolute Gasteiger partial charge is 0.306 e. The van der Waals surface area contributed by atoms with Gasteiger partial charge in [-0.25, -0.2) is 0 Å². The van der Waals surface area contributed by atoms with Gasteiger partial charge < -0.3 is 14.2 Å². The normalized spacial score (nSPS) is 12.9. The van der Waals surface area contributed by atoms with E-state index in [-0.39, 0.29) is 37.5 Å². The van der Waals surface area contributed by atoms with Crippen molar-refractivity contribution in [1.82, 2.24) is 0 Å². The summed E-state index contributed by atoms with van der Waals surface area (Å²) in [5.41, 5.74) is 0. The maximum absolute atomic E-state index is 12.9. The summed E-state index contributed by atoms with van der Waals surface area (Å²) in [5, 5.41) is 0. The molecule has 0 aromatic carbocycles. The fraction of sp³-hybridized carbons (Fsp3) is 0.693. The molecule has 0 heterocycles. The highest BCUT2D eigenvalue weighted by Gasteiger charge is 2.19. The van der Waals surface area contributed by atoms with Gasteiger partial charge in [-0.05, 0) is 109 Å². The highest BCUT2D eigenvalue weighted by molar-refractivity contribution is 5.71. The lowest BCUT2D eigenvalue weighted by Crippen LogP contribution is -2.30. The van der Waals surface area contributed by atoms with E-state index in [2.05, 4.69) is 142 Å². The first kappa shape index (κ1) is 76.8. The van der Waals surface area contributed by atoms with E-state index >= 15 is 0 Å². The van der Waals surface area contributed by atoms with E-state index in [4.69, 9.17) is 14.2 Å². The van der Waals surface area contributed by atoms with E-state index in [0.29, 0.717) is 12.8 Å². The van der Waals surface area contributed by atoms with Gasteiger partial charge in [-0.15, -0.1) is 0 Å². The van der Waals surface area contributed by atoms with Crippen molar-refractivity contribution in [3.63, 3.8) is 0 Å². The minimum atomic E-state index is -0.794. The average molecular weight is 1120 g/mol. The van der Waals surface area contributed by atoms with Gasteiger partial charge >= 0.3 is 17.9 Å².